The lowest BCUT2D eigenvalue weighted by Crippen LogP contribution is -2.47. The van der Waals surface area contributed by atoms with Gasteiger partial charge in [0.05, 0.1) is 18.6 Å². The summed E-state index contributed by atoms with van der Waals surface area (Å²) in [5.41, 5.74) is 6.06. The molecule has 0 aliphatic carbocycles. The van der Waals surface area contributed by atoms with Crippen LogP contribution in [-0.2, 0) is 9.59 Å². The van der Waals surface area contributed by atoms with E-state index in [1.54, 1.807) is 25.1 Å². The molecule has 0 fully saturated rings. The van der Waals surface area contributed by atoms with Crippen molar-refractivity contribution in [1.82, 2.24) is 10.6 Å². The summed E-state index contributed by atoms with van der Waals surface area (Å²) in [4.78, 5) is 23.4. The molecule has 2 atom stereocenters. The van der Waals surface area contributed by atoms with Gasteiger partial charge in [-0.25, -0.2) is 4.39 Å². The van der Waals surface area contributed by atoms with Gasteiger partial charge in [0, 0.05) is 5.56 Å². The molecule has 0 heterocycles. The standard InChI is InChI=1S/C15H22FN3O2/c1-9(2)14(17)15(21)18-8-13(20)19-10(3)11-6-4-5-7-12(11)16/h4-7,9-10,14H,8,17H2,1-3H3,(H,18,21)(H,19,20)/t10-,14+/m1/s1. The first-order valence-electron chi connectivity index (χ1n) is 6.90. The van der Waals surface area contributed by atoms with E-state index in [4.69, 9.17) is 5.73 Å². The highest BCUT2D eigenvalue weighted by molar-refractivity contribution is 5.87. The molecule has 116 valence electrons. The molecule has 0 aliphatic heterocycles. The lowest BCUT2D eigenvalue weighted by Gasteiger charge is -2.17. The van der Waals surface area contributed by atoms with Crippen molar-refractivity contribution in [3.63, 3.8) is 0 Å². The summed E-state index contributed by atoms with van der Waals surface area (Å²) >= 11 is 0. The Kier molecular flexibility index (Phi) is 6.30. The molecule has 0 aliphatic rings. The monoisotopic (exact) mass is 295 g/mol. The lowest BCUT2D eigenvalue weighted by molar-refractivity contribution is -0.127. The van der Waals surface area contributed by atoms with Gasteiger partial charge in [0.1, 0.15) is 5.82 Å². The third-order valence-corrected chi connectivity index (χ3v) is 3.19. The molecule has 0 radical (unpaired) electrons. The molecule has 1 aromatic rings. The third-order valence-electron chi connectivity index (χ3n) is 3.19. The maximum absolute atomic E-state index is 13.6. The van der Waals surface area contributed by atoms with E-state index in [0.717, 1.165) is 0 Å². The molecule has 1 aromatic carbocycles. The molecule has 6 heteroatoms. The van der Waals surface area contributed by atoms with Crippen LogP contribution in [0, 0.1) is 11.7 Å². The molecule has 2 amide bonds. The Labute approximate surface area is 124 Å². The molecule has 0 bridgehead atoms. The van der Waals surface area contributed by atoms with Crippen LogP contribution in [0.2, 0.25) is 0 Å². The fraction of sp³-hybridized carbons (Fsp3) is 0.467. The average Bonchev–Trinajstić information content (AvgIpc) is 2.44. The molecule has 5 nitrogen and oxygen atoms in total. The van der Waals surface area contributed by atoms with Gasteiger partial charge in [0.25, 0.3) is 0 Å². The minimum Gasteiger partial charge on any atom is -0.348 e. The van der Waals surface area contributed by atoms with Gasteiger partial charge in [0.15, 0.2) is 0 Å². The van der Waals surface area contributed by atoms with Crippen molar-refractivity contribution in [2.45, 2.75) is 32.9 Å². The molecule has 0 spiro atoms. The number of nitrogens with two attached hydrogens (primary N) is 1. The molecule has 1 rings (SSSR count). The van der Waals surface area contributed by atoms with Crippen molar-refractivity contribution >= 4 is 11.8 Å². The molecular weight excluding hydrogens is 273 g/mol. The van der Waals surface area contributed by atoms with Crippen LogP contribution in [0.25, 0.3) is 0 Å². The van der Waals surface area contributed by atoms with Gasteiger partial charge in [-0.1, -0.05) is 32.0 Å². The molecule has 0 saturated carbocycles. The summed E-state index contributed by atoms with van der Waals surface area (Å²) in [7, 11) is 0. The van der Waals surface area contributed by atoms with Gasteiger partial charge in [-0.3, -0.25) is 9.59 Å². The zero-order chi connectivity index (χ0) is 16.0. The van der Waals surface area contributed by atoms with Crippen molar-refractivity contribution in [2.75, 3.05) is 6.54 Å². The Balaban J connectivity index is 2.48. The van der Waals surface area contributed by atoms with Crippen molar-refractivity contribution < 1.29 is 14.0 Å². The Bertz CT molecular complexity index is 505. The van der Waals surface area contributed by atoms with Crippen LogP contribution in [-0.4, -0.2) is 24.4 Å². The van der Waals surface area contributed by atoms with Crippen LogP contribution in [0.15, 0.2) is 24.3 Å². The summed E-state index contributed by atoms with van der Waals surface area (Å²) in [5, 5.41) is 5.09. The number of halogens is 1. The van der Waals surface area contributed by atoms with Gasteiger partial charge >= 0.3 is 0 Å². The van der Waals surface area contributed by atoms with Crippen LogP contribution in [0.4, 0.5) is 4.39 Å². The summed E-state index contributed by atoms with van der Waals surface area (Å²) in [6.45, 7) is 5.14. The van der Waals surface area contributed by atoms with E-state index in [1.807, 2.05) is 13.8 Å². The average molecular weight is 295 g/mol. The van der Waals surface area contributed by atoms with E-state index in [1.165, 1.54) is 6.07 Å². The minimum atomic E-state index is -0.651. The lowest BCUT2D eigenvalue weighted by atomic mass is 10.1. The second kappa shape index (κ2) is 7.73. The highest BCUT2D eigenvalue weighted by Gasteiger charge is 2.18. The number of amides is 2. The zero-order valence-corrected chi connectivity index (χ0v) is 12.5. The van der Waals surface area contributed by atoms with Gasteiger partial charge in [-0.05, 0) is 18.9 Å². The summed E-state index contributed by atoms with van der Waals surface area (Å²) < 4.78 is 13.6. The third kappa shape index (κ3) is 5.15. The predicted octanol–water partition coefficient (Wildman–Crippen LogP) is 1.10. The number of carbonyl (C=O) groups excluding carboxylic acids is 2. The molecule has 4 N–H and O–H groups in total. The van der Waals surface area contributed by atoms with Crippen LogP contribution in [0.1, 0.15) is 32.4 Å². The first-order chi connectivity index (χ1) is 9.82. The highest BCUT2D eigenvalue weighted by atomic mass is 19.1. The predicted molar refractivity (Wildman–Crippen MR) is 78.8 cm³/mol. The van der Waals surface area contributed by atoms with E-state index < -0.39 is 18.0 Å². The molecule has 0 saturated heterocycles. The number of hydrogen-bond acceptors (Lipinski definition) is 3. The smallest absolute Gasteiger partial charge is 0.239 e. The van der Waals surface area contributed by atoms with Gasteiger partial charge in [-0.2, -0.15) is 0 Å². The fourth-order valence-corrected chi connectivity index (χ4v) is 1.78. The quantitative estimate of drug-likeness (QED) is 0.735. The molecule has 0 unspecified atom stereocenters. The maximum atomic E-state index is 13.6. The number of hydrogen-bond donors (Lipinski definition) is 3. The largest absolute Gasteiger partial charge is 0.348 e. The van der Waals surface area contributed by atoms with Crippen molar-refractivity contribution in [1.29, 1.82) is 0 Å². The Morgan fingerprint density at radius 1 is 1.24 bits per heavy atom. The Hall–Kier alpha value is -1.95. The first-order valence-corrected chi connectivity index (χ1v) is 6.90. The van der Waals surface area contributed by atoms with Crippen LogP contribution < -0.4 is 16.4 Å². The van der Waals surface area contributed by atoms with Gasteiger partial charge in [-0.15, -0.1) is 0 Å². The van der Waals surface area contributed by atoms with Crippen molar-refractivity contribution in [3.05, 3.63) is 35.6 Å². The number of rotatable bonds is 6. The SMILES string of the molecule is CC(C)[C@H](N)C(=O)NCC(=O)N[C@H](C)c1ccccc1F. The van der Waals surface area contributed by atoms with E-state index in [-0.39, 0.29) is 24.2 Å². The fourth-order valence-electron chi connectivity index (χ4n) is 1.78. The van der Waals surface area contributed by atoms with E-state index in [0.29, 0.717) is 5.56 Å². The Morgan fingerprint density at radius 2 is 1.86 bits per heavy atom. The first kappa shape index (κ1) is 17.1. The summed E-state index contributed by atoms with van der Waals surface area (Å²) in [6.07, 6.45) is 0. The van der Waals surface area contributed by atoms with Crippen LogP contribution in [0.5, 0.6) is 0 Å². The summed E-state index contributed by atoms with van der Waals surface area (Å²) in [6, 6.07) is 5.09. The minimum absolute atomic E-state index is 0.00889. The number of benzene rings is 1. The summed E-state index contributed by atoms with van der Waals surface area (Å²) in [5.74, 6) is -1.16. The van der Waals surface area contributed by atoms with Gasteiger partial charge in [0.2, 0.25) is 11.8 Å². The van der Waals surface area contributed by atoms with E-state index in [9.17, 15) is 14.0 Å². The van der Waals surface area contributed by atoms with Crippen molar-refractivity contribution in [3.8, 4) is 0 Å². The number of nitrogens with one attached hydrogen (secondary N) is 2. The molecule has 21 heavy (non-hydrogen) atoms. The normalized spacial score (nSPS) is 13.6. The zero-order valence-electron chi connectivity index (χ0n) is 12.5. The maximum Gasteiger partial charge on any atom is 0.239 e. The Morgan fingerprint density at radius 3 is 2.43 bits per heavy atom. The highest BCUT2D eigenvalue weighted by Crippen LogP contribution is 2.15. The van der Waals surface area contributed by atoms with Crippen LogP contribution in [0.3, 0.4) is 0 Å². The van der Waals surface area contributed by atoms with E-state index in [2.05, 4.69) is 10.6 Å². The second-order valence-electron chi connectivity index (χ2n) is 5.30. The topological polar surface area (TPSA) is 84.2 Å². The van der Waals surface area contributed by atoms with Crippen LogP contribution >= 0.6 is 0 Å². The second-order valence-corrected chi connectivity index (χ2v) is 5.30. The van der Waals surface area contributed by atoms with Gasteiger partial charge < -0.3 is 16.4 Å². The number of carbonyl (C=O) groups is 2. The van der Waals surface area contributed by atoms with E-state index >= 15 is 0 Å². The molecular formula is C15H22FN3O2. The molecule has 0 aromatic heterocycles. The van der Waals surface area contributed by atoms with Crippen molar-refractivity contribution in [2.24, 2.45) is 11.7 Å².